The third-order valence-corrected chi connectivity index (χ3v) is 6.39. The predicted molar refractivity (Wildman–Crippen MR) is 132 cm³/mol. The fraction of sp³-hybridized carbons (Fsp3) is 0.400. The van der Waals surface area contributed by atoms with E-state index in [2.05, 4.69) is 5.32 Å². The fourth-order valence-electron chi connectivity index (χ4n) is 3.99. The summed E-state index contributed by atoms with van der Waals surface area (Å²) < 4.78 is 25.4. The summed E-state index contributed by atoms with van der Waals surface area (Å²) in [6.07, 6.45) is -0.346. The molecular formula is C25H28FN3O4S. The molecule has 9 heteroatoms. The molecule has 0 aliphatic carbocycles. The number of rotatable bonds is 8. The minimum atomic E-state index is -0.557. The number of anilines is 2. The summed E-state index contributed by atoms with van der Waals surface area (Å²) >= 11 is 5.42. The number of halogens is 1. The third-order valence-electron chi connectivity index (χ3n) is 5.95. The summed E-state index contributed by atoms with van der Waals surface area (Å²) in [6, 6.07) is 12.6. The van der Waals surface area contributed by atoms with Crippen LogP contribution in [0.5, 0.6) is 0 Å². The average Bonchev–Trinajstić information content (AvgIpc) is 3.22. The summed E-state index contributed by atoms with van der Waals surface area (Å²) in [5.74, 6) is -0.557. The van der Waals surface area contributed by atoms with Gasteiger partial charge in [-0.15, -0.1) is 0 Å². The minimum Gasteiger partial charge on any atom is -0.442 e. The van der Waals surface area contributed by atoms with Crippen LogP contribution in [0.4, 0.5) is 20.6 Å². The lowest BCUT2D eigenvalue weighted by molar-refractivity contribution is -0.121. The standard InChI is InChI=1S/C25H28FN3O4S/c1-17-2-4-18(5-3-17)23(34)8-9-24(30)27-15-20-16-29(25(31)33-20)19-6-7-22(21(26)14-19)28-10-12-32-13-11-28/h2-7,14,20H,8-13,15-16H2,1H3,(H,27,30). The molecule has 2 aliphatic rings. The van der Waals surface area contributed by atoms with Crippen LogP contribution in [0.1, 0.15) is 24.0 Å². The van der Waals surface area contributed by atoms with Crippen molar-refractivity contribution in [1.82, 2.24) is 5.32 Å². The van der Waals surface area contributed by atoms with E-state index in [-0.39, 0.29) is 25.4 Å². The molecule has 1 N–H and O–H groups in total. The highest BCUT2D eigenvalue weighted by Crippen LogP contribution is 2.28. The number of nitrogens with zero attached hydrogens (tertiary/aromatic N) is 2. The van der Waals surface area contributed by atoms with Gasteiger partial charge < -0.3 is 19.7 Å². The molecule has 0 spiro atoms. The minimum absolute atomic E-state index is 0.162. The molecule has 0 saturated carbocycles. The molecule has 7 nitrogen and oxygen atoms in total. The summed E-state index contributed by atoms with van der Waals surface area (Å²) in [5.41, 5.74) is 3.02. The zero-order valence-electron chi connectivity index (χ0n) is 19.1. The van der Waals surface area contributed by atoms with Crippen molar-refractivity contribution in [2.75, 3.05) is 49.2 Å². The lowest BCUT2D eigenvalue weighted by Gasteiger charge is -2.29. The molecule has 2 fully saturated rings. The lowest BCUT2D eigenvalue weighted by Crippen LogP contribution is -2.37. The van der Waals surface area contributed by atoms with Crippen LogP contribution in [0.25, 0.3) is 0 Å². The largest absolute Gasteiger partial charge is 0.442 e. The van der Waals surface area contributed by atoms with Gasteiger partial charge in [-0.25, -0.2) is 9.18 Å². The Morgan fingerprint density at radius 1 is 1.15 bits per heavy atom. The molecule has 2 heterocycles. The van der Waals surface area contributed by atoms with Crippen LogP contribution < -0.4 is 15.1 Å². The van der Waals surface area contributed by atoms with Gasteiger partial charge in [0.15, 0.2) is 0 Å². The lowest BCUT2D eigenvalue weighted by atomic mass is 10.1. The highest BCUT2D eigenvalue weighted by molar-refractivity contribution is 7.80. The van der Waals surface area contributed by atoms with E-state index in [1.807, 2.05) is 36.1 Å². The quantitative estimate of drug-likeness (QED) is 0.455. The van der Waals surface area contributed by atoms with Crippen LogP contribution >= 0.6 is 12.2 Å². The number of carbonyl (C=O) groups is 2. The Labute approximate surface area is 203 Å². The maximum atomic E-state index is 14.7. The van der Waals surface area contributed by atoms with E-state index in [0.29, 0.717) is 44.1 Å². The molecular weight excluding hydrogens is 457 g/mol. The molecule has 4 rings (SSSR count). The Kier molecular flexibility index (Phi) is 7.74. The monoisotopic (exact) mass is 485 g/mol. The normalized spacial score (nSPS) is 18.1. The Balaban J connectivity index is 1.25. The fourth-order valence-corrected chi connectivity index (χ4v) is 4.23. The van der Waals surface area contributed by atoms with Gasteiger partial charge in [-0.1, -0.05) is 42.0 Å². The summed E-state index contributed by atoms with van der Waals surface area (Å²) in [4.78, 5) is 28.7. The van der Waals surface area contributed by atoms with E-state index >= 15 is 0 Å². The van der Waals surface area contributed by atoms with Gasteiger partial charge in [-0.2, -0.15) is 0 Å². The van der Waals surface area contributed by atoms with Crippen molar-refractivity contribution in [3.63, 3.8) is 0 Å². The van der Waals surface area contributed by atoms with E-state index in [1.54, 1.807) is 12.1 Å². The number of thiocarbonyl (C=S) groups is 1. The molecule has 1 unspecified atom stereocenters. The van der Waals surface area contributed by atoms with Gasteiger partial charge >= 0.3 is 6.09 Å². The second-order valence-electron chi connectivity index (χ2n) is 8.44. The molecule has 180 valence electrons. The highest BCUT2D eigenvalue weighted by atomic mass is 32.1. The third kappa shape index (κ3) is 5.90. The van der Waals surface area contributed by atoms with Crippen LogP contribution in [0.2, 0.25) is 0 Å². The van der Waals surface area contributed by atoms with Crippen molar-refractivity contribution in [3.8, 4) is 0 Å². The van der Waals surface area contributed by atoms with Crippen molar-refractivity contribution >= 4 is 40.5 Å². The molecule has 1 atom stereocenters. The number of nitrogens with one attached hydrogen (secondary N) is 1. The number of amides is 2. The van der Waals surface area contributed by atoms with Gasteiger partial charge in [0, 0.05) is 24.4 Å². The number of morpholine rings is 1. The summed E-state index contributed by atoms with van der Waals surface area (Å²) in [7, 11) is 0. The zero-order chi connectivity index (χ0) is 24.1. The average molecular weight is 486 g/mol. The van der Waals surface area contributed by atoms with Gasteiger partial charge in [-0.3, -0.25) is 9.69 Å². The Hall–Kier alpha value is -3.04. The predicted octanol–water partition coefficient (Wildman–Crippen LogP) is 3.61. The van der Waals surface area contributed by atoms with Crippen molar-refractivity contribution in [2.45, 2.75) is 25.9 Å². The smallest absolute Gasteiger partial charge is 0.414 e. The molecule has 34 heavy (non-hydrogen) atoms. The maximum Gasteiger partial charge on any atom is 0.414 e. The zero-order valence-corrected chi connectivity index (χ0v) is 19.9. The van der Waals surface area contributed by atoms with Crippen LogP contribution in [0, 0.1) is 12.7 Å². The molecule has 2 amide bonds. The number of hydrogen-bond donors (Lipinski definition) is 1. The van der Waals surface area contributed by atoms with Crippen LogP contribution in [0.15, 0.2) is 42.5 Å². The Bertz CT molecular complexity index is 1060. The second kappa shape index (κ2) is 10.9. The topological polar surface area (TPSA) is 71.1 Å². The first-order valence-corrected chi connectivity index (χ1v) is 11.8. The van der Waals surface area contributed by atoms with Crippen LogP contribution in [0.3, 0.4) is 0 Å². The molecule has 2 aliphatic heterocycles. The Morgan fingerprint density at radius 3 is 2.59 bits per heavy atom. The van der Waals surface area contributed by atoms with E-state index in [9.17, 15) is 14.0 Å². The van der Waals surface area contributed by atoms with E-state index < -0.39 is 18.0 Å². The number of carbonyl (C=O) groups excluding carboxylic acids is 2. The number of hydrogen-bond acceptors (Lipinski definition) is 6. The highest BCUT2D eigenvalue weighted by Gasteiger charge is 2.33. The van der Waals surface area contributed by atoms with E-state index in [4.69, 9.17) is 21.7 Å². The van der Waals surface area contributed by atoms with E-state index in [1.165, 1.54) is 11.0 Å². The van der Waals surface area contributed by atoms with Crippen LogP contribution in [-0.4, -0.2) is 62.4 Å². The van der Waals surface area contributed by atoms with Crippen molar-refractivity contribution in [1.29, 1.82) is 0 Å². The van der Waals surface area contributed by atoms with Crippen molar-refractivity contribution in [3.05, 3.63) is 59.4 Å². The van der Waals surface area contributed by atoms with Crippen molar-refractivity contribution in [2.24, 2.45) is 0 Å². The van der Waals surface area contributed by atoms with Gasteiger partial charge in [0.05, 0.1) is 37.7 Å². The number of ether oxygens (including phenoxy) is 2. The van der Waals surface area contributed by atoms with Crippen LogP contribution in [-0.2, 0) is 14.3 Å². The number of cyclic esters (lactones) is 1. The first-order valence-electron chi connectivity index (χ1n) is 11.4. The number of benzene rings is 2. The molecule has 2 aromatic rings. The summed E-state index contributed by atoms with van der Waals surface area (Å²) in [5, 5.41) is 2.80. The summed E-state index contributed by atoms with van der Waals surface area (Å²) in [6.45, 7) is 4.80. The van der Waals surface area contributed by atoms with E-state index in [0.717, 1.165) is 16.0 Å². The van der Waals surface area contributed by atoms with Gasteiger partial charge in [-0.05, 0) is 37.1 Å². The van der Waals surface area contributed by atoms with Gasteiger partial charge in [0.1, 0.15) is 11.9 Å². The second-order valence-corrected chi connectivity index (χ2v) is 8.94. The molecule has 0 bridgehead atoms. The first kappa shape index (κ1) is 24.1. The molecule has 2 aromatic carbocycles. The molecule has 0 radical (unpaired) electrons. The Morgan fingerprint density at radius 2 is 1.88 bits per heavy atom. The number of aryl methyl sites for hydroxylation is 1. The first-order chi connectivity index (χ1) is 16.4. The molecule has 0 aromatic heterocycles. The molecule has 2 saturated heterocycles. The van der Waals surface area contributed by atoms with Crippen molar-refractivity contribution < 1.29 is 23.5 Å². The van der Waals surface area contributed by atoms with Gasteiger partial charge in [0.2, 0.25) is 5.91 Å². The SMILES string of the molecule is Cc1ccc(C(=S)CCC(=O)NCC2CN(c3ccc(N4CCOCC4)c(F)c3)C(=O)O2)cc1. The maximum absolute atomic E-state index is 14.7. The van der Waals surface area contributed by atoms with Gasteiger partial charge in [0.25, 0.3) is 0 Å².